The van der Waals surface area contributed by atoms with Crippen molar-refractivity contribution in [2.45, 2.75) is 20.3 Å². The van der Waals surface area contributed by atoms with Crippen LogP contribution in [-0.4, -0.2) is 16.7 Å². The molecule has 2 rings (SSSR count). The van der Waals surface area contributed by atoms with Crippen LogP contribution in [0.5, 0.6) is 5.75 Å². The van der Waals surface area contributed by atoms with E-state index in [-0.39, 0.29) is 0 Å². The van der Waals surface area contributed by atoms with Crippen LogP contribution in [0.3, 0.4) is 0 Å². The number of rotatable bonds is 3. The molecular formula is C15H17N3O. The quantitative estimate of drug-likeness (QED) is 0.847. The molecule has 1 heterocycles. The molecule has 0 spiro atoms. The lowest BCUT2D eigenvalue weighted by atomic mass is 10.1. The van der Waals surface area contributed by atoms with Crippen molar-refractivity contribution in [1.82, 2.24) is 9.55 Å². The molecule has 19 heavy (non-hydrogen) atoms. The van der Waals surface area contributed by atoms with Crippen LogP contribution in [-0.2, 0) is 13.5 Å². The van der Waals surface area contributed by atoms with Gasteiger partial charge in [-0.25, -0.2) is 4.98 Å². The highest BCUT2D eigenvalue weighted by molar-refractivity contribution is 5.60. The Kier molecular flexibility index (Phi) is 3.57. The van der Waals surface area contributed by atoms with Gasteiger partial charge in [0, 0.05) is 12.6 Å². The van der Waals surface area contributed by atoms with Gasteiger partial charge in [0.15, 0.2) is 0 Å². The molecule has 0 atom stereocenters. The van der Waals surface area contributed by atoms with E-state index in [9.17, 15) is 0 Å². The maximum atomic E-state index is 8.85. The molecule has 0 saturated carbocycles. The number of aromatic nitrogens is 2. The minimum atomic E-state index is 0.379. The minimum absolute atomic E-state index is 0.379. The summed E-state index contributed by atoms with van der Waals surface area (Å²) < 4.78 is 7.25. The number of aryl methyl sites for hydroxylation is 2. The van der Waals surface area contributed by atoms with Gasteiger partial charge in [-0.15, -0.1) is 0 Å². The Morgan fingerprint density at radius 2 is 2.11 bits per heavy atom. The summed E-state index contributed by atoms with van der Waals surface area (Å²) in [5, 5.41) is 8.85. The monoisotopic (exact) mass is 255 g/mol. The highest BCUT2D eigenvalue weighted by atomic mass is 16.5. The van der Waals surface area contributed by atoms with Gasteiger partial charge in [0.1, 0.15) is 11.6 Å². The average Bonchev–Trinajstić information content (AvgIpc) is 2.67. The maximum absolute atomic E-state index is 8.85. The summed E-state index contributed by atoms with van der Waals surface area (Å²) in [7, 11) is 3.61. The number of nitrogens with zero attached hydrogens (tertiary/aromatic N) is 3. The van der Waals surface area contributed by atoms with E-state index in [2.05, 4.69) is 17.1 Å². The van der Waals surface area contributed by atoms with E-state index in [1.165, 1.54) is 0 Å². The summed E-state index contributed by atoms with van der Waals surface area (Å²) >= 11 is 0. The summed E-state index contributed by atoms with van der Waals surface area (Å²) in [6, 6.07) is 8.16. The van der Waals surface area contributed by atoms with Crippen molar-refractivity contribution in [3.63, 3.8) is 0 Å². The van der Waals surface area contributed by atoms with Gasteiger partial charge in [-0.3, -0.25) is 0 Å². The first-order valence-electron chi connectivity index (χ1n) is 6.12. The molecule has 0 bridgehead atoms. The molecule has 2 aromatic rings. The Morgan fingerprint density at radius 1 is 1.37 bits per heavy atom. The number of ether oxygens (including phenoxy) is 1. The second-order valence-electron chi connectivity index (χ2n) is 4.55. The van der Waals surface area contributed by atoms with Crippen molar-refractivity contribution in [1.29, 1.82) is 5.26 Å². The first kappa shape index (κ1) is 13.2. The summed E-state index contributed by atoms with van der Waals surface area (Å²) in [4.78, 5) is 4.57. The lowest BCUT2D eigenvalue weighted by molar-refractivity contribution is 0.412. The number of methoxy groups -OCH3 is 1. The Bertz CT molecular complexity index is 650. The molecular weight excluding hydrogens is 238 g/mol. The van der Waals surface area contributed by atoms with Crippen molar-refractivity contribution in [2.75, 3.05) is 7.11 Å². The average molecular weight is 255 g/mol. The van der Waals surface area contributed by atoms with Crippen LogP contribution < -0.4 is 4.74 Å². The Morgan fingerprint density at radius 3 is 2.68 bits per heavy atom. The SMILES string of the molecule is COc1ccc(-c2nc(C)c(CC#N)n2C)cc1C. The van der Waals surface area contributed by atoms with E-state index in [4.69, 9.17) is 10.00 Å². The molecule has 0 amide bonds. The van der Waals surface area contributed by atoms with E-state index in [0.717, 1.165) is 34.1 Å². The Labute approximate surface area is 113 Å². The third kappa shape index (κ3) is 2.32. The molecule has 4 nitrogen and oxygen atoms in total. The van der Waals surface area contributed by atoms with E-state index in [1.54, 1.807) is 7.11 Å². The molecule has 0 N–H and O–H groups in total. The van der Waals surface area contributed by atoms with Crippen LogP contribution in [0.2, 0.25) is 0 Å². The smallest absolute Gasteiger partial charge is 0.140 e. The second-order valence-corrected chi connectivity index (χ2v) is 4.55. The predicted octanol–water partition coefficient (Wildman–Crippen LogP) is 2.78. The molecule has 1 aromatic carbocycles. The first-order valence-corrected chi connectivity index (χ1v) is 6.12. The normalized spacial score (nSPS) is 10.3. The van der Waals surface area contributed by atoms with Gasteiger partial charge in [-0.05, 0) is 37.6 Å². The number of benzene rings is 1. The summed E-state index contributed by atoms with van der Waals surface area (Å²) in [6.07, 6.45) is 0.379. The third-order valence-electron chi connectivity index (χ3n) is 3.31. The summed E-state index contributed by atoms with van der Waals surface area (Å²) in [6.45, 7) is 3.95. The molecule has 0 aliphatic carbocycles. The Hall–Kier alpha value is -2.28. The van der Waals surface area contributed by atoms with Gasteiger partial charge < -0.3 is 9.30 Å². The predicted molar refractivity (Wildman–Crippen MR) is 74.0 cm³/mol. The minimum Gasteiger partial charge on any atom is -0.496 e. The van der Waals surface area contributed by atoms with Crippen molar-refractivity contribution in [3.8, 4) is 23.2 Å². The maximum Gasteiger partial charge on any atom is 0.140 e. The van der Waals surface area contributed by atoms with Crippen molar-refractivity contribution in [2.24, 2.45) is 7.05 Å². The topological polar surface area (TPSA) is 50.8 Å². The molecule has 98 valence electrons. The lowest BCUT2D eigenvalue weighted by Crippen LogP contribution is -1.99. The molecule has 0 unspecified atom stereocenters. The first-order chi connectivity index (χ1) is 9.08. The largest absolute Gasteiger partial charge is 0.496 e. The zero-order valence-corrected chi connectivity index (χ0v) is 11.7. The van der Waals surface area contributed by atoms with Gasteiger partial charge in [-0.2, -0.15) is 5.26 Å². The van der Waals surface area contributed by atoms with E-state index >= 15 is 0 Å². The summed E-state index contributed by atoms with van der Waals surface area (Å²) in [5.41, 5.74) is 3.98. The number of hydrogen-bond acceptors (Lipinski definition) is 3. The van der Waals surface area contributed by atoms with Crippen LogP contribution in [0, 0.1) is 25.2 Å². The highest BCUT2D eigenvalue weighted by Crippen LogP contribution is 2.26. The fourth-order valence-corrected chi connectivity index (χ4v) is 2.27. The van der Waals surface area contributed by atoms with E-state index < -0.39 is 0 Å². The molecule has 4 heteroatoms. The van der Waals surface area contributed by atoms with Crippen LogP contribution in [0.15, 0.2) is 18.2 Å². The molecule has 0 fully saturated rings. The third-order valence-corrected chi connectivity index (χ3v) is 3.31. The van der Waals surface area contributed by atoms with E-state index in [1.807, 2.05) is 37.6 Å². The molecule has 0 radical (unpaired) electrons. The molecule has 1 aromatic heterocycles. The van der Waals surface area contributed by atoms with Crippen molar-refractivity contribution >= 4 is 0 Å². The summed E-state index contributed by atoms with van der Waals surface area (Å²) in [5.74, 6) is 1.75. The zero-order valence-electron chi connectivity index (χ0n) is 11.7. The van der Waals surface area contributed by atoms with Gasteiger partial charge in [0.25, 0.3) is 0 Å². The fourth-order valence-electron chi connectivity index (χ4n) is 2.27. The van der Waals surface area contributed by atoms with Crippen molar-refractivity contribution < 1.29 is 4.74 Å². The van der Waals surface area contributed by atoms with Crippen molar-refractivity contribution in [3.05, 3.63) is 35.2 Å². The molecule has 0 aliphatic heterocycles. The van der Waals surface area contributed by atoms with Gasteiger partial charge in [0.2, 0.25) is 0 Å². The lowest BCUT2D eigenvalue weighted by Gasteiger charge is -2.08. The Balaban J connectivity index is 2.51. The van der Waals surface area contributed by atoms with Crippen LogP contribution in [0.25, 0.3) is 11.4 Å². The second kappa shape index (κ2) is 5.15. The van der Waals surface area contributed by atoms with E-state index in [0.29, 0.717) is 6.42 Å². The van der Waals surface area contributed by atoms with Crippen LogP contribution >= 0.6 is 0 Å². The highest BCUT2D eigenvalue weighted by Gasteiger charge is 2.13. The molecule has 0 aliphatic rings. The van der Waals surface area contributed by atoms with Crippen LogP contribution in [0.1, 0.15) is 17.0 Å². The number of nitriles is 1. The number of imidazole rings is 1. The van der Waals surface area contributed by atoms with Crippen LogP contribution in [0.4, 0.5) is 0 Å². The van der Waals surface area contributed by atoms with Gasteiger partial charge in [0.05, 0.1) is 31.0 Å². The zero-order chi connectivity index (χ0) is 14.0. The van der Waals surface area contributed by atoms with Gasteiger partial charge in [-0.1, -0.05) is 0 Å². The van der Waals surface area contributed by atoms with Gasteiger partial charge >= 0.3 is 0 Å². The number of hydrogen-bond donors (Lipinski definition) is 0. The molecule has 0 saturated heterocycles. The standard InChI is InChI=1S/C15H17N3O/c1-10-9-12(5-6-14(10)19-4)15-17-11(2)13(7-8-16)18(15)3/h5-6,9H,7H2,1-4H3. The fraction of sp³-hybridized carbons (Fsp3) is 0.333.